The minimum Gasteiger partial charge on any atom is -0.507 e. The Morgan fingerprint density at radius 3 is 1.38 bits per heavy atom. The molecule has 0 heterocycles. The predicted octanol–water partition coefficient (Wildman–Crippen LogP) is 3.98. The van der Waals surface area contributed by atoms with Crippen LogP contribution in [0.3, 0.4) is 0 Å². The summed E-state index contributed by atoms with van der Waals surface area (Å²) in [7, 11) is 0. The van der Waals surface area contributed by atoms with E-state index in [0.717, 1.165) is 11.1 Å². The number of aromatic hydroxyl groups is 1. The molecule has 0 saturated heterocycles. The maximum absolute atomic E-state index is 10.3. The molecule has 0 amide bonds. The van der Waals surface area contributed by atoms with E-state index in [1.54, 1.807) is 0 Å². The molecular formula is C14H22OTi. The Bertz CT molecular complexity index is 324. The van der Waals surface area contributed by atoms with Crippen molar-refractivity contribution in [2.75, 3.05) is 0 Å². The molecule has 0 atom stereocenters. The zero-order valence-electron chi connectivity index (χ0n) is 11.2. The summed E-state index contributed by atoms with van der Waals surface area (Å²) in [6.45, 7) is 12.7. The molecule has 88 valence electrons. The summed E-state index contributed by atoms with van der Waals surface area (Å²) in [6.07, 6.45) is 0. The second-order valence-electron chi connectivity index (χ2n) is 6.20. The summed E-state index contributed by atoms with van der Waals surface area (Å²) >= 11 is 0. The third kappa shape index (κ3) is 3.36. The number of hydrogen-bond acceptors (Lipinski definition) is 1. The fourth-order valence-electron chi connectivity index (χ4n) is 1.75. The zero-order valence-corrected chi connectivity index (χ0v) is 12.7. The molecule has 0 unspecified atom stereocenters. The summed E-state index contributed by atoms with van der Waals surface area (Å²) in [4.78, 5) is 0. The molecule has 0 radical (unpaired) electrons. The van der Waals surface area contributed by atoms with E-state index in [-0.39, 0.29) is 32.5 Å². The maximum atomic E-state index is 10.3. The van der Waals surface area contributed by atoms with Crippen LogP contribution in [0.15, 0.2) is 18.2 Å². The van der Waals surface area contributed by atoms with Crippen molar-refractivity contribution in [3.05, 3.63) is 29.3 Å². The fourth-order valence-corrected chi connectivity index (χ4v) is 1.75. The quantitative estimate of drug-likeness (QED) is 0.694. The van der Waals surface area contributed by atoms with Gasteiger partial charge in [-0.25, -0.2) is 0 Å². The van der Waals surface area contributed by atoms with Gasteiger partial charge in [0.2, 0.25) is 0 Å². The first kappa shape index (κ1) is 15.7. The van der Waals surface area contributed by atoms with Gasteiger partial charge in [-0.05, 0) is 22.0 Å². The Hall–Kier alpha value is -0.266. The van der Waals surface area contributed by atoms with Gasteiger partial charge in [-0.3, -0.25) is 0 Å². The summed E-state index contributed by atoms with van der Waals surface area (Å²) in [5.41, 5.74) is 2.03. The van der Waals surface area contributed by atoms with Crippen LogP contribution in [-0.4, -0.2) is 5.11 Å². The maximum Gasteiger partial charge on any atom is 0.123 e. The first-order valence-electron chi connectivity index (χ1n) is 5.47. The fraction of sp³-hybridized carbons (Fsp3) is 0.571. The third-order valence-corrected chi connectivity index (χ3v) is 2.65. The van der Waals surface area contributed by atoms with Crippen molar-refractivity contribution in [1.29, 1.82) is 0 Å². The van der Waals surface area contributed by atoms with Crippen LogP contribution in [0.4, 0.5) is 0 Å². The smallest absolute Gasteiger partial charge is 0.123 e. The standard InChI is InChI=1S/C14H22O.Ti/c1-13(2,3)10-8-7-9-11(12(10)15)14(4,5)6;/h7-9,15H,1-6H3;. The summed E-state index contributed by atoms with van der Waals surface area (Å²) in [6, 6.07) is 6.04. The van der Waals surface area contributed by atoms with Crippen LogP contribution in [0.5, 0.6) is 5.75 Å². The van der Waals surface area contributed by atoms with Crippen molar-refractivity contribution in [3.63, 3.8) is 0 Å². The molecular weight excluding hydrogens is 232 g/mol. The molecule has 0 spiro atoms. The van der Waals surface area contributed by atoms with Crippen LogP contribution in [0.2, 0.25) is 0 Å². The Kier molecular flexibility index (Phi) is 4.85. The van der Waals surface area contributed by atoms with Gasteiger partial charge in [0, 0.05) is 21.7 Å². The average Bonchev–Trinajstić information content (AvgIpc) is 1.99. The van der Waals surface area contributed by atoms with Gasteiger partial charge in [0.25, 0.3) is 0 Å². The molecule has 0 fully saturated rings. The molecule has 0 aliphatic carbocycles. The van der Waals surface area contributed by atoms with Crippen molar-refractivity contribution in [2.45, 2.75) is 52.4 Å². The van der Waals surface area contributed by atoms with E-state index in [9.17, 15) is 5.11 Å². The van der Waals surface area contributed by atoms with E-state index in [1.165, 1.54) is 0 Å². The summed E-state index contributed by atoms with van der Waals surface area (Å²) in [5, 5.41) is 10.3. The first-order chi connectivity index (χ1) is 6.64. The zero-order chi connectivity index (χ0) is 11.9. The number of para-hydroxylation sites is 1. The molecule has 0 aliphatic heterocycles. The SMILES string of the molecule is CC(C)(C)c1cccc(C(C)(C)C)c1O.[Ti]. The Labute approximate surface area is 114 Å². The van der Waals surface area contributed by atoms with E-state index in [0.29, 0.717) is 5.75 Å². The van der Waals surface area contributed by atoms with Crippen LogP contribution < -0.4 is 0 Å². The van der Waals surface area contributed by atoms with Gasteiger partial charge in [-0.1, -0.05) is 59.7 Å². The number of benzene rings is 1. The molecule has 1 aromatic carbocycles. The molecule has 2 heteroatoms. The van der Waals surface area contributed by atoms with Crippen LogP contribution in [-0.2, 0) is 32.5 Å². The van der Waals surface area contributed by atoms with E-state index in [1.807, 2.05) is 18.2 Å². The van der Waals surface area contributed by atoms with Crippen LogP contribution >= 0.6 is 0 Å². The monoisotopic (exact) mass is 254 g/mol. The van der Waals surface area contributed by atoms with Crippen molar-refractivity contribution in [3.8, 4) is 5.75 Å². The van der Waals surface area contributed by atoms with Crippen molar-refractivity contribution in [1.82, 2.24) is 0 Å². The molecule has 1 rings (SSSR count). The van der Waals surface area contributed by atoms with Crippen LogP contribution in [0.1, 0.15) is 52.7 Å². The van der Waals surface area contributed by atoms with Crippen molar-refractivity contribution < 1.29 is 26.8 Å². The number of phenolic OH excluding ortho intramolecular Hbond substituents is 1. The van der Waals surface area contributed by atoms with Crippen LogP contribution in [0, 0.1) is 0 Å². The second kappa shape index (κ2) is 4.93. The van der Waals surface area contributed by atoms with Gasteiger partial charge in [0.1, 0.15) is 5.75 Å². The van der Waals surface area contributed by atoms with Gasteiger partial charge in [0.15, 0.2) is 0 Å². The predicted molar refractivity (Wildman–Crippen MR) is 65.5 cm³/mol. The minimum atomic E-state index is -0.00859. The van der Waals surface area contributed by atoms with Gasteiger partial charge < -0.3 is 5.11 Å². The topological polar surface area (TPSA) is 20.2 Å². The Balaban J connectivity index is 0.00000225. The second-order valence-corrected chi connectivity index (χ2v) is 6.20. The van der Waals surface area contributed by atoms with Gasteiger partial charge in [-0.15, -0.1) is 0 Å². The van der Waals surface area contributed by atoms with E-state index < -0.39 is 0 Å². The molecule has 0 aromatic heterocycles. The van der Waals surface area contributed by atoms with Crippen LogP contribution in [0.25, 0.3) is 0 Å². The van der Waals surface area contributed by atoms with Gasteiger partial charge in [-0.2, -0.15) is 0 Å². The van der Waals surface area contributed by atoms with E-state index in [4.69, 9.17) is 0 Å². The largest absolute Gasteiger partial charge is 0.507 e. The minimum absolute atomic E-state index is 0. The molecule has 16 heavy (non-hydrogen) atoms. The molecule has 1 aromatic rings. The van der Waals surface area contributed by atoms with Crippen molar-refractivity contribution in [2.24, 2.45) is 0 Å². The number of hydrogen-bond donors (Lipinski definition) is 1. The first-order valence-corrected chi connectivity index (χ1v) is 5.47. The normalized spacial score (nSPS) is 12.1. The van der Waals surface area contributed by atoms with Crippen molar-refractivity contribution >= 4 is 0 Å². The van der Waals surface area contributed by atoms with Gasteiger partial charge >= 0.3 is 0 Å². The molecule has 0 saturated carbocycles. The molecule has 0 bridgehead atoms. The molecule has 1 nitrogen and oxygen atoms in total. The van der Waals surface area contributed by atoms with Gasteiger partial charge in [0.05, 0.1) is 0 Å². The summed E-state index contributed by atoms with van der Waals surface area (Å²) in [5.74, 6) is 0.456. The third-order valence-electron chi connectivity index (χ3n) is 2.65. The Morgan fingerprint density at radius 1 is 0.812 bits per heavy atom. The van der Waals surface area contributed by atoms with E-state index >= 15 is 0 Å². The molecule has 1 N–H and O–H groups in total. The Morgan fingerprint density at radius 2 is 1.12 bits per heavy atom. The molecule has 0 aliphatic rings. The van der Waals surface area contributed by atoms with E-state index in [2.05, 4.69) is 41.5 Å². The number of phenols is 1. The average molecular weight is 254 g/mol. The summed E-state index contributed by atoms with van der Waals surface area (Å²) < 4.78 is 0. The number of rotatable bonds is 0.